The van der Waals surface area contributed by atoms with Crippen molar-refractivity contribution in [3.63, 3.8) is 0 Å². The van der Waals surface area contributed by atoms with Gasteiger partial charge >= 0.3 is 0 Å². The molecule has 0 radical (unpaired) electrons. The summed E-state index contributed by atoms with van der Waals surface area (Å²) in [5.41, 5.74) is 0.801. The topological polar surface area (TPSA) is 100 Å². The highest BCUT2D eigenvalue weighted by atomic mass is 32.2. The van der Waals surface area contributed by atoms with Gasteiger partial charge in [-0.15, -0.1) is 0 Å². The molecule has 2 aromatic rings. The van der Waals surface area contributed by atoms with Crippen molar-refractivity contribution in [1.82, 2.24) is 20.0 Å². The van der Waals surface area contributed by atoms with E-state index >= 15 is 0 Å². The first-order valence-electron chi connectivity index (χ1n) is 5.74. The summed E-state index contributed by atoms with van der Waals surface area (Å²) in [5, 5.41) is 2.94. The molecule has 0 unspecified atom stereocenters. The lowest BCUT2D eigenvalue weighted by atomic mass is 10.4. The van der Waals surface area contributed by atoms with Crippen molar-refractivity contribution < 1.29 is 12.8 Å². The first-order valence-corrected chi connectivity index (χ1v) is 7.22. The van der Waals surface area contributed by atoms with Crippen LogP contribution in [0, 0.1) is 6.92 Å². The number of H-pyrrole nitrogens is 1. The fourth-order valence-corrected chi connectivity index (χ4v) is 2.58. The first kappa shape index (κ1) is 13.8. The van der Waals surface area contributed by atoms with E-state index in [1.165, 1.54) is 6.20 Å². The van der Waals surface area contributed by atoms with Crippen LogP contribution in [0.1, 0.15) is 17.3 Å². The Hall–Kier alpha value is -1.64. The van der Waals surface area contributed by atoms with Gasteiger partial charge in [-0.1, -0.05) is 0 Å². The van der Waals surface area contributed by atoms with Crippen LogP contribution in [-0.4, -0.2) is 25.4 Å². The van der Waals surface area contributed by atoms with E-state index in [-0.39, 0.29) is 11.4 Å². The van der Waals surface area contributed by atoms with Crippen molar-refractivity contribution in [2.75, 3.05) is 7.05 Å². The zero-order chi connectivity index (χ0) is 13.9. The van der Waals surface area contributed by atoms with Crippen LogP contribution in [0.25, 0.3) is 0 Å². The van der Waals surface area contributed by atoms with Gasteiger partial charge in [0.2, 0.25) is 15.9 Å². The van der Waals surface area contributed by atoms with Gasteiger partial charge in [0.05, 0.1) is 17.6 Å². The normalized spacial score (nSPS) is 11.9. The van der Waals surface area contributed by atoms with Crippen LogP contribution in [0.15, 0.2) is 27.8 Å². The van der Waals surface area contributed by atoms with Crippen molar-refractivity contribution in [2.24, 2.45) is 0 Å². The van der Waals surface area contributed by atoms with Crippen LogP contribution in [-0.2, 0) is 23.1 Å². The van der Waals surface area contributed by atoms with Crippen molar-refractivity contribution >= 4 is 10.0 Å². The SMILES string of the molecule is CNCc1cc(S(=O)(=O)NCc2ncc(C)o2)c[nH]1. The standard InChI is InChI=1S/C11H16N4O3S/c1-8-4-14-11(18-8)7-15-19(16,17)10-3-9(5-12-2)13-6-10/h3-4,6,12-13,15H,5,7H2,1-2H3. The lowest BCUT2D eigenvalue weighted by Crippen LogP contribution is -2.23. The Balaban J connectivity index is 2.04. The molecule has 0 spiro atoms. The molecule has 0 bridgehead atoms. The highest BCUT2D eigenvalue weighted by Gasteiger charge is 2.16. The van der Waals surface area contributed by atoms with Gasteiger partial charge in [-0.3, -0.25) is 0 Å². The van der Waals surface area contributed by atoms with E-state index in [1.54, 1.807) is 26.2 Å². The lowest BCUT2D eigenvalue weighted by molar-refractivity contribution is 0.463. The molecule has 3 N–H and O–H groups in total. The van der Waals surface area contributed by atoms with Crippen LogP contribution < -0.4 is 10.0 Å². The molecule has 0 aliphatic carbocycles. The minimum atomic E-state index is -3.56. The zero-order valence-corrected chi connectivity index (χ0v) is 11.5. The number of oxazole rings is 1. The van der Waals surface area contributed by atoms with E-state index in [0.29, 0.717) is 18.2 Å². The molecule has 0 aliphatic heterocycles. The highest BCUT2D eigenvalue weighted by Crippen LogP contribution is 2.11. The van der Waals surface area contributed by atoms with Gasteiger partial charge in [0.1, 0.15) is 5.76 Å². The Kier molecular flexibility index (Phi) is 4.03. The second-order valence-electron chi connectivity index (χ2n) is 4.08. The molecule has 0 amide bonds. The van der Waals surface area contributed by atoms with E-state index in [2.05, 4.69) is 20.0 Å². The Morgan fingerprint density at radius 2 is 2.21 bits per heavy atom. The third kappa shape index (κ3) is 3.43. The van der Waals surface area contributed by atoms with Gasteiger partial charge in [0, 0.05) is 18.4 Å². The summed E-state index contributed by atoms with van der Waals surface area (Å²) in [6.07, 6.45) is 3.00. The summed E-state index contributed by atoms with van der Waals surface area (Å²) < 4.78 is 31.7. The van der Waals surface area contributed by atoms with Crippen LogP contribution in [0.5, 0.6) is 0 Å². The van der Waals surface area contributed by atoms with E-state index in [0.717, 1.165) is 5.69 Å². The molecule has 19 heavy (non-hydrogen) atoms. The first-order chi connectivity index (χ1) is 9.01. The Morgan fingerprint density at radius 1 is 1.42 bits per heavy atom. The summed E-state index contributed by atoms with van der Waals surface area (Å²) in [4.78, 5) is 7.03. The number of nitrogens with zero attached hydrogens (tertiary/aromatic N) is 1. The van der Waals surface area contributed by atoms with E-state index < -0.39 is 10.0 Å². The summed E-state index contributed by atoms with van der Waals surface area (Å²) in [7, 11) is -1.77. The molecule has 0 saturated carbocycles. The predicted octanol–water partition coefficient (Wildman–Crippen LogP) is 0.509. The molecule has 104 valence electrons. The predicted molar refractivity (Wildman–Crippen MR) is 68.8 cm³/mol. The van der Waals surface area contributed by atoms with Gasteiger partial charge in [-0.2, -0.15) is 0 Å². The molecule has 2 heterocycles. The van der Waals surface area contributed by atoms with Gasteiger partial charge < -0.3 is 14.7 Å². The monoisotopic (exact) mass is 284 g/mol. The molecule has 0 atom stereocenters. The molecule has 0 aliphatic rings. The lowest BCUT2D eigenvalue weighted by Gasteiger charge is -2.01. The van der Waals surface area contributed by atoms with Crippen LogP contribution in [0.2, 0.25) is 0 Å². The Labute approximate surface area is 111 Å². The number of aromatic nitrogens is 2. The highest BCUT2D eigenvalue weighted by molar-refractivity contribution is 7.89. The molecule has 8 heteroatoms. The van der Waals surface area contributed by atoms with Crippen molar-refractivity contribution in [3.05, 3.63) is 35.8 Å². The zero-order valence-electron chi connectivity index (χ0n) is 10.7. The number of nitrogens with one attached hydrogen (secondary N) is 3. The van der Waals surface area contributed by atoms with Gasteiger partial charge in [0.15, 0.2) is 0 Å². The number of rotatable bonds is 6. The quantitative estimate of drug-likeness (QED) is 0.717. The molecule has 0 saturated heterocycles. The van der Waals surface area contributed by atoms with Crippen molar-refractivity contribution in [2.45, 2.75) is 24.9 Å². The molecule has 2 rings (SSSR count). The second-order valence-corrected chi connectivity index (χ2v) is 5.85. The minimum absolute atomic E-state index is 0.0305. The number of sulfonamides is 1. The molecular weight excluding hydrogens is 268 g/mol. The Morgan fingerprint density at radius 3 is 2.84 bits per heavy atom. The van der Waals surface area contributed by atoms with Crippen molar-refractivity contribution in [1.29, 1.82) is 0 Å². The van der Waals surface area contributed by atoms with E-state index in [4.69, 9.17) is 4.42 Å². The number of aromatic amines is 1. The molecule has 2 aromatic heterocycles. The van der Waals surface area contributed by atoms with Crippen LogP contribution in [0.4, 0.5) is 0 Å². The fraction of sp³-hybridized carbons (Fsp3) is 0.364. The minimum Gasteiger partial charge on any atom is -0.445 e. The number of hydrogen-bond donors (Lipinski definition) is 3. The smallest absolute Gasteiger partial charge is 0.242 e. The number of aryl methyl sites for hydroxylation is 1. The molecule has 0 fully saturated rings. The maximum absolute atomic E-state index is 12.0. The summed E-state index contributed by atoms with van der Waals surface area (Å²) in [6.45, 7) is 2.36. The average molecular weight is 284 g/mol. The average Bonchev–Trinajstić information content (AvgIpc) is 2.97. The number of hydrogen-bond acceptors (Lipinski definition) is 5. The largest absolute Gasteiger partial charge is 0.445 e. The van der Waals surface area contributed by atoms with Crippen molar-refractivity contribution in [3.8, 4) is 0 Å². The van der Waals surface area contributed by atoms with Gasteiger partial charge in [-0.05, 0) is 20.0 Å². The second kappa shape index (κ2) is 5.55. The third-order valence-electron chi connectivity index (χ3n) is 2.48. The summed E-state index contributed by atoms with van der Waals surface area (Å²) in [5.74, 6) is 0.985. The van der Waals surface area contributed by atoms with E-state index in [1.807, 2.05) is 0 Å². The van der Waals surface area contributed by atoms with E-state index in [9.17, 15) is 8.42 Å². The maximum Gasteiger partial charge on any atom is 0.242 e. The molecule has 7 nitrogen and oxygen atoms in total. The molecule has 0 aromatic carbocycles. The maximum atomic E-state index is 12.0. The summed E-state index contributed by atoms with van der Waals surface area (Å²) >= 11 is 0. The van der Waals surface area contributed by atoms with Gasteiger partial charge in [0.25, 0.3) is 0 Å². The molecular formula is C11H16N4O3S. The fourth-order valence-electron chi connectivity index (χ4n) is 1.59. The Bertz CT molecular complexity index is 644. The summed E-state index contributed by atoms with van der Waals surface area (Å²) in [6, 6.07) is 1.58. The van der Waals surface area contributed by atoms with Crippen LogP contribution in [0.3, 0.4) is 0 Å². The van der Waals surface area contributed by atoms with Crippen LogP contribution >= 0.6 is 0 Å². The third-order valence-corrected chi connectivity index (χ3v) is 3.86. The van der Waals surface area contributed by atoms with Gasteiger partial charge in [-0.25, -0.2) is 18.1 Å².